The maximum absolute atomic E-state index is 12.0. The van der Waals surface area contributed by atoms with Crippen molar-refractivity contribution in [3.05, 3.63) is 47.4 Å². The van der Waals surface area contributed by atoms with E-state index in [-0.39, 0.29) is 5.69 Å². The van der Waals surface area contributed by atoms with Crippen molar-refractivity contribution in [1.82, 2.24) is 9.88 Å². The van der Waals surface area contributed by atoms with Gasteiger partial charge in [-0.15, -0.1) is 0 Å². The summed E-state index contributed by atoms with van der Waals surface area (Å²) in [6.07, 6.45) is 5.39. The molecule has 1 aromatic heterocycles. The van der Waals surface area contributed by atoms with Gasteiger partial charge in [-0.1, -0.05) is 18.2 Å². The fourth-order valence-electron chi connectivity index (χ4n) is 2.24. The lowest BCUT2D eigenvalue weighted by Gasteiger charge is -2.29. The molecule has 4 heteroatoms. The molecule has 0 bridgehead atoms. The first-order valence-corrected chi connectivity index (χ1v) is 5.36. The highest BCUT2D eigenvalue weighted by molar-refractivity contribution is 6.52. The largest absolute Gasteiger partial charge is 0.367 e. The van der Waals surface area contributed by atoms with Crippen LogP contribution in [0.5, 0.6) is 0 Å². The van der Waals surface area contributed by atoms with E-state index < -0.39 is 11.6 Å². The van der Waals surface area contributed by atoms with E-state index in [4.69, 9.17) is 0 Å². The molecule has 0 saturated heterocycles. The molecule has 1 aromatic rings. The van der Waals surface area contributed by atoms with Crippen molar-refractivity contribution in [2.45, 2.75) is 0 Å². The Bertz CT molecular complexity index is 599. The normalized spacial score (nSPS) is 18.3. The second-order valence-electron chi connectivity index (χ2n) is 4.10. The summed E-state index contributed by atoms with van der Waals surface area (Å²) in [7, 11) is 1.81. The molecule has 0 N–H and O–H groups in total. The molecule has 2 heterocycles. The van der Waals surface area contributed by atoms with E-state index >= 15 is 0 Å². The third-order valence-electron chi connectivity index (χ3n) is 3.03. The second-order valence-corrected chi connectivity index (χ2v) is 4.10. The molecule has 1 aliphatic heterocycles. The molecule has 0 spiro atoms. The number of rotatable bonds is 0. The average molecular weight is 226 g/mol. The SMILES string of the molecule is CN1CC=CC2=C1C(=O)C(=O)c1ncccc12. The summed E-state index contributed by atoms with van der Waals surface area (Å²) < 4.78 is 0. The third-order valence-corrected chi connectivity index (χ3v) is 3.03. The van der Waals surface area contributed by atoms with Crippen LogP contribution in [0.15, 0.2) is 36.2 Å². The highest BCUT2D eigenvalue weighted by Crippen LogP contribution is 2.32. The Hall–Kier alpha value is -2.23. The van der Waals surface area contributed by atoms with Gasteiger partial charge in [0.15, 0.2) is 0 Å². The van der Waals surface area contributed by atoms with Crippen LogP contribution >= 0.6 is 0 Å². The second kappa shape index (κ2) is 3.38. The number of aromatic nitrogens is 1. The molecule has 0 atom stereocenters. The highest BCUT2D eigenvalue weighted by atomic mass is 16.2. The van der Waals surface area contributed by atoms with Crippen LogP contribution < -0.4 is 0 Å². The number of fused-ring (bicyclic) bond motifs is 2. The lowest BCUT2D eigenvalue weighted by Crippen LogP contribution is -2.35. The first kappa shape index (κ1) is 9.96. The predicted octanol–water partition coefficient (Wildman–Crippen LogP) is 1.06. The molecule has 84 valence electrons. The van der Waals surface area contributed by atoms with Gasteiger partial charge in [0, 0.05) is 30.9 Å². The smallest absolute Gasteiger partial charge is 0.254 e. The van der Waals surface area contributed by atoms with Crippen LogP contribution in [0, 0.1) is 0 Å². The molecule has 1 aliphatic carbocycles. The van der Waals surface area contributed by atoms with Crippen LogP contribution in [-0.4, -0.2) is 35.0 Å². The number of allylic oxidation sites excluding steroid dienone is 3. The summed E-state index contributed by atoms with van der Waals surface area (Å²) >= 11 is 0. The minimum atomic E-state index is -0.512. The van der Waals surface area contributed by atoms with Crippen LogP contribution in [0.25, 0.3) is 5.57 Å². The van der Waals surface area contributed by atoms with Crippen molar-refractivity contribution in [1.29, 1.82) is 0 Å². The van der Waals surface area contributed by atoms with Crippen LogP contribution in [-0.2, 0) is 4.79 Å². The van der Waals surface area contributed by atoms with E-state index in [9.17, 15) is 9.59 Å². The Morgan fingerprint density at radius 3 is 2.94 bits per heavy atom. The van der Waals surface area contributed by atoms with Crippen molar-refractivity contribution in [2.75, 3.05) is 13.6 Å². The molecule has 0 amide bonds. The number of likely N-dealkylation sites (N-methyl/N-ethyl adjacent to an activating group) is 1. The summed E-state index contributed by atoms with van der Waals surface area (Å²) in [5.74, 6) is -0.973. The number of ketones is 2. The lowest BCUT2D eigenvalue weighted by atomic mass is 9.88. The van der Waals surface area contributed by atoms with E-state index in [1.54, 1.807) is 11.0 Å². The van der Waals surface area contributed by atoms with Gasteiger partial charge in [-0.05, 0) is 6.07 Å². The number of carbonyl (C=O) groups is 2. The van der Waals surface area contributed by atoms with Crippen molar-refractivity contribution < 1.29 is 9.59 Å². The van der Waals surface area contributed by atoms with E-state index in [0.717, 1.165) is 11.1 Å². The third kappa shape index (κ3) is 1.27. The van der Waals surface area contributed by atoms with Gasteiger partial charge in [-0.2, -0.15) is 0 Å². The monoisotopic (exact) mass is 226 g/mol. The minimum absolute atomic E-state index is 0.260. The van der Waals surface area contributed by atoms with Crippen molar-refractivity contribution >= 4 is 17.1 Å². The Balaban J connectivity index is 2.34. The van der Waals surface area contributed by atoms with Crippen LogP contribution in [0.1, 0.15) is 16.1 Å². The summed E-state index contributed by atoms with van der Waals surface area (Å²) in [6.45, 7) is 0.646. The molecular weight excluding hydrogens is 216 g/mol. The summed E-state index contributed by atoms with van der Waals surface area (Å²) in [5.41, 5.74) is 2.29. The van der Waals surface area contributed by atoms with E-state index in [0.29, 0.717) is 12.2 Å². The Morgan fingerprint density at radius 2 is 2.12 bits per heavy atom. The van der Waals surface area contributed by atoms with E-state index in [2.05, 4.69) is 4.98 Å². The quantitative estimate of drug-likeness (QED) is 0.621. The maximum atomic E-state index is 12.0. The number of hydrogen-bond acceptors (Lipinski definition) is 4. The molecule has 0 aromatic carbocycles. The van der Waals surface area contributed by atoms with Crippen LogP contribution in [0.4, 0.5) is 0 Å². The molecule has 2 aliphatic rings. The lowest BCUT2D eigenvalue weighted by molar-refractivity contribution is -0.113. The zero-order valence-electron chi connectivity index (χ0n) is 9.30. The van der Waals surface area contributed by atoms with Gasteiger partial charge in [-0.25, -0.2) is 0 Å². The first-order valence-electron chi connectivity index (χ1n) is 5.36. The maximum Gasteiger partial charge on any atom is 0.254 e. The predicted molar refractivity (Wildman–Crippen MR) is 62.3 cm³/mol. The summed E-state index contributed by atoms with van der Waals surface area (Å²) in [4.78, 5) is 29.7. The van der Waals surface area contributed by atoms with Gasteiger partial charge in [-0.3, -0.25) is 14.6 Å². The molecule has 0 fully saturated rings. The topological polar surface area (TPSA) is 50.3 Å². The molecule has 0 unspecified atom stereocenters. The highest BCUT2D eigenvalue weighted by Gasteiger charge is 2.35. The Labute approximate surface area is 98.3 Å². The fourth-order valence-corrected chi connectivity index (χ4v) is 2.24. The zero-order chi connectivity index (χ0) is 12.0. The number of hydrogen-bond donors (Lipinski definition) is 0. The molecule has 0 saturated carbocycles. The number of carbonyl (C=O) groups excluding carboxylic acids is 2. The molecule has 4 nitrogen and oxygen atoms in total. The molecule has 3 rings (SSSR count). The first-order chi connectivity index (χ1) is 8.20. The van der Waals surface area contributed by atoms with Gasteiger partial charge >= 0.3 is 0 Å². The van der Waals surface area contributed by atoms with Gasteiger partial charge in [0.2, 0.25) is 0 Å². The van der Waals surface area contributed by atoms with E-state index in [1.165, 1.54) is 6.20 Å². The van der Waals surface area contributed by atoms with Crippen LogP contribution in [0.3, 0.4) is 0 Å². The number of Topliss-reactive ketones (excluding diaryl/α,β-unsaturated/α-hetero) is 2. The van der Waals surface area contributed by atoms with Crippen molar-refractivity contribution in [3.63, 3.8) is 0 Å². The Kier molecular flexibility index (Phi) is 1.98. The van der Waals surface area contributed by atoms with Crippen molar-refractivity contribution in [3.8, 4) is 0 Å². The molecular formula is C13H10N2O2. The fraction of sp³-hybridized carbons (Fsp3) is 0.154. The molecule has 17 heavy (non-hydrogen) atoms. The van der Waals surface area contributed by atoms with E-state index in [1.807, 2.05) is 25.3 Å². The average Bonchev–Trinajstić information content (AvgIpc) is 2.36. The van der Waals surface area contributed by atoms with Gasteiger partial charge in [0.05, 0.1) is 5.70 Å². The van der Waals surface area contributed by atoms with Crippen LogP contribution in [0.2, 0.25) is 0 Å². The van der Waals surface area contributed by atoms with Gasteiger partial charge in [0.1, 0.15) is 5.69 Å². The minimum Gasteiger partial charge on any atom is -0.367 e. The Morgan fingerprint density at radius 1 is 1.29 bits per heavy atom. The van der Waals surface area contributed by atoms with Crippen molar-refractivity contribution in [2.24, 2.45) is 0 Å². The van der Waals surface area contributed by atoms with Gasteiger partial charge < -0.3 is 4.90 Å². The summed E-state index contributed by atoms with van der Waals surface area (Å²) in [6, 6.07) is 3.60. The standard InChI is InChI=1S/C13H10N2O2/c1-15-7-3-5-9-8-4-2-6-14-10(8)12(16)13(17)11(9)15/h2-6H,7H2,1H3. The number of pyridine rings is 1. The summed E-state index contributed by atoms with van der Waals surface area (Å²) in [5, 5.41) is 0. The number of nitrogens with zero attached hydrogens (tertiary/aromatic N) is 2. The molecule has 0 radical (unpaired) electrons. The zero-order valence-corrected chi connectivity index (χ0v) is 9.30. The van der Waals surface area contributed by atoms with Gasteiger partial charge in [0.25, 0.3) is 11.6 Å².